The molecule has 17 heavy (non-hydrogen) atoms. The summed E-state index contributed by atoms with van der Waals surface area (Å²) in [5.41, 5.74) is 2.58. The van der Waals surface area contributed by atoms with Crippen LogP contribution in [0, 0.1) is 0 Å². The van der Waals surface area contributed by atoms with Crippen molar-refractivity contribution in [2.75, 3.05) is 0 Å². The van der Waals surface area contributed by atoms with Gasteiger partial charge >= 0.3 is 0 Å². The van der Waals surface area contributed by atoms with Gasteiger partial charge in [-0.15, -0.1) is 0 Å². The first-order valence-electron chi connectivity index (χ1n) is 6.77. The van der Waals surface area contributed by atoms with Crippen LogP contribution in [0.1, 0.15) is 51.9 Å². The molecule has 0 spiro atoms. The molecule has 1 atom stereocenters. The van der Waals surface area contributed by atoms with Gasteiger partial charge in [0.25, 0.3) is 0 Å². The van der Waals surface area contributed by atoms with E-state index in [4.69, 9.17) is 4.74 Å². The third kappa shape index (κ3) is 2.89. The standard InChI is InChI=1S/C14H24N2O/c1-5-11-9-12(6-2)16(15-11)10-13-7-8-14(3,4)17-13/h9,13H,5-8,10H2,1-4H3. The average molecular weight is 236 g/mol. The zero-order valence-corrected chi connectivity index (χ0v) is 11.5. The molecule has 0 N–H and O–H groups in total. The van der Waals surface area contributed by atoms with Crippen molar-refractivity contribution in [2.45, 2.75) is 71.6 Å². The van der Waals surface area contributed by atoms with Crippen molar-refractivity contribution in [3.05, 3.63) is 17.5 Å². The Labute approximate surface area is 104 Å². The molecule has 1 fully saturated rings. The van der Waals surface area contributed by atoms with Crippen LogP contribution in [0.15, 0.2) is 6.07 Å². The lowest BCUT2D eigenvalue weighted by atomic mass is 10.1. The minimum Gasteiger partial charge on any atom is -0.370 e. The highest BCUT2D eigenvalue weighted by Crippen LogP contribution is 2.30. The molecule has 2 heterocycles. The molecule has 1 aliphatic heterocycles. The summed E-state index contributed by atoms with van der Waals surface area (Å²) < 4.78 is 8.18. The Morgan fingerprint density at radius 1 is 1.41 bits per heavy atom. The Morgan fingerprint density at radius 3 is 2.71 bits per heavy atom. The molecule has 0 bridgehead atoms. The monoisotopic (exact) mass is 236 g/mol. The van der Waals surface area contributed by atoms with Crippen LogP contribution in [-0.4, -0.2) is 21.5 Å². The lowest BCUT2D eigenvalue weighted by Gasteiger charge is -2.19. The fourth-order valence-corrected chi connectivity index (χ4v) is 2.53. The summed E-state index contributed by atoms with van der Waals surface area (Å²) in [5, 5.41) is 4.65. The summed E-state index contributed by atoms with van der Waals surface area (Å²) in [6.07, 6.45) is 4.69. The molecule has 1 aromatic rings. The minimum absolute atomic E-state index is 0.0534. The highest BCUT2D eigenvalue weighted by atomic mass is 16.5. The van der Waals surface area contributed by atoms with Gasteiger partial charge in [0.05, 0.1) is 23.9 Å². The van der Waals surface area contributed by atoms with Crippen LogP contribution in [0.3, 0.4) is 0 Å². The Hall–Kier alpha value is -0.830. The smallest absolute Gasteiger partial charge is 0.0779 e. The molecule has 0 radical (unpaired) electrons. The maximum Gasteiger partial charge on any atom is 0.0779 e. The first-order valence-corrected chi connectivity index (χ1v) is 6.77. The number of rotatable bonds is 4. The Kier molecular flexibility index (Phi) is 3.57. The van der Waals surface area contributed by atoms with Gasteiger partial charge in [0.2, 0.25) is 0 Å². The van der Waals surface area contributed by atoms with Crippen LogP contribution < -0.4 is 0 Å². The van der Waals surface area contributed by atoms with Gasteiger partial charge in [-0.2, -0.15) is 5.10 Å². The molecule has 3 heteroatoms. The van der Waals surface area contributed by atoms with E-state index in [2.05, 4.69) is 43.5 Å². The highest BCUT2D eigenvalue weighted by molar-refractivity contribution is 5.10. The predicted molar refractivity (Wildman–Crippen MR) is 69.2 cm³/mol. The summed E-state index contributed by atoms with van der Waals surface area (Å²) in [5.74, 6) is 0. The van der Waals surface area contributed by atoms with Crippen molar-refractivity contribution in [3.8, 4) is 0 Å². The van der Waals surface area contributed by atoms with E-state index in [1.165, 1.54) is 11.4 Å². The van der Waals surface area contributed by atoms with Gasteiger partial charge < -0.3 is 4.74 Å². The van der Waals surface area contributed by atoms with Gasteiger partial charge in [0, 0.05) is 5.69 Å². The van der Waals surface area contributed by atoms with Crippen LogP contribution in [0.5, 0.6) is 0 Å². The van der Waals surface area contributed by atoms with Crippen LogP contribution in [0.2, 0.25) is 0 Å². The van der Waals surface area contributed by atoms with E-state index in [9.17, 15) is 0 Å². The lowest BCUT2D eigenvalue weighted by molar-refractivity contribution is -0.0232. The molecule has 0 saturated carbocycles. The Bertz CT molecular complexity index is 382. The second-order valence-electron chi connectivity index (χ2n) is 5.55. The number of aromatic nitrogens is 2. The topological polar surface area (TPSA) is 27.1 Å². The third-order valence-electron chi connectivity index (χ3n) is 3.57. The van der Waals surface area contributed by atoms with E-state index < -0.39 is 0 Å². The van der Waals surface area contributed by atoms with E-state index in [-0.39, 0.29) is 5.60 Å². The van der Waals surface area contributed by atoms with Crippen LogP contribution in [-0.2, 0) is 24.1 Å². The molecule has 96 valence electrons. The second-order valence-corrected chi connectivity index (χ2v) is 5.55. The van der Waals surface area contributed by atoms with E-state index >= 15 is 0 Å². The van der Waals surface area contributed by atoms with E-state index in [0.717, 1.165) is 32.2 Å². The molecule has 1 unspecified atom stereocenters. The van der Waals surface area contributed by atoms with Crippen LogP contribution in [0.4, 0.5) is 0 Å². The Morgan fingerprint density at radius 2 is 2.18 bits per heavy atom. The van der Waals surface area contributed by atoms with Crippen molar-refractivity contribution in [1.29, 1.82) is 0 Å². The molecular weight excluding hydrogens is 212 g/mol. The van der Waals surface area contributed by atoms with Gasteiger partial charge in [-0.3, -0.25) is 4.68 Å². The normalized spacial score (nSPS) is 23.2. The fourth-order valence-electron chi connectivity index (χ4n) is 2.53. The highest BCUT2D eigenvalue weighted by Gasteiger charge is 2.32. The molecule has 1 aromatic heterocycles. The fraction of sp³-hybridized carbons (Fsp3) is 0.786. The Balaban J connectivity index is 2.05. The largest absolute Gasteiger partial charge is 0.370 e. The molecule has 1 saturated heterocycles. The van der Waals surface area contributed by atoms with Gasteiger partial charge in [-0.1, -0.05) is 13.8 Å². The number of nitrogens with zero attached hydrogens (tertiary/aromatic N) is 2. The summed E-state index contributed by atoms with van der Waals surface area (Å²) in [6, 6.07) is 2.22. The summed E-state index contributed by atoms with van der Waals surface area (Å²) >= 11 is 0. The molecule has 0 amide bonds. The van der Waals surface area contributed by atoms with Crippen molar-refractivity contribution >= 4 is 0 Å². The molecule has 3 nitrogen and oxygen atoms in total. The maximum absolute atomic E-state index is 6.03. The second kappa shape index (κ2) is 4.81. The van der Waals surface area contributed by atoms with Crippen LogP contribution in [0.25, 0.3) is 0 Å². The maximum atomic E-state index is 6.03. The number of hydrogen-bond donors (Lipinski definition) is 0. The number of aryl methyl sites for hydroxylation is 2. The van der Waals surface area contributed by atoms with E-state index in [1.54, 1.807) is 0 Å². The first-order chi connectivity index (χ1) is 8.04. The van der Waals surface area contributed by atoms with Crippen molar-refractivity contribution in [2.24, 2.45) is 0 Å². The summed E-state index contributed by atoms with van der Waals surface area (Å²) in [7, 11) is 0. The number of ether oxygens (including phenoxy) is 1. The van der Waals surface area contributed by atoms with Gasteiger partial charge in [-0.25, -0.2) is 0 Å². The zero-order valence-electron chi connectivity index (χ0n) is 11.5. The quantitative estimate of drug-likeness (QED) is 0.803. The van der Waals surface area contributed by atoms with Gasteiger partial charge in [-0.05, 0) is 45.6 Å². The third-order valence-corrected chi connectivity index (χ3v) is 3.57. The first kappa shape index (κ1) is 12.6. The molecule has 0 aliphatic carbocycles. The molecule has 0 aromatic carbocycles. The van der Waals surface area contributed by atoms with Crippen LogP contribution >= 0.6 is 0 Å². The summed E-state index contributed by atoms with van der Waals surface area (Å²) in [4.78, 5) is 0. The summed E-state index contributed by atoms with van der Waals surface area (Å²) in [6.45, 7) is 9.60. The SMILES string of the molecule is CCc1cc(CC)n(CC2CCC(C)(C)O2)n1. The number of hydrogen-bond acceptors (Lipinski definition) is 2. The lowest BCUT2D eigenvalue weighted by Crippen LogP contribution is -2.24. The molecular formula is C14H24N2O. The van der Waals surface area contributed by atoms with Gasteiger partial charge in [0.1, 0.15) is 0 Å². The average Bonchev–Trinajstić information content (AvgIpc) is 2.82. The van der Waals surface area contributed by atoms with E-state index in [0.29, 0.717) is 6.10 Å². The van der Waals surface area contributed by atoms with Crippen molar-refractivity contribution in [1.82, 2.24) is 9.78 Å². The molecule has 1 aliphatic rings. The molecule has 2 rings (SSSR count). The van der Waals surface area contributed by atoms with E-state index in [1.807, 2.05) is 0 Å². The van der Waals surface area contributed by atoms with Gasteiger partial charge in [0.15, 0.2) is 0 Å². The van der Waals surface area contributed by atoms with Crippen molar-refractivity contribution < 1.29 is 4.74 Å². The zero-order chi connectivity index (χ0) is 12.5. The minimum atomic E-state index is 0.0534. The van der Waals surface area contributed by atoms with Crippen molar-refractivity contribution in [3.63, 3.8) is 0 Å². The predicted octanol–water partition coefficient (Wildman–Crippen LogP) is 2.97.